The number of anilines is 1. The topological polar surface area (TPSA) is 149 Å². The van der Waals surface area contributed by atoms with Gasteiger partial charge in [0.05, 0.1) is 53.8 Å². The average molecular weight is 462 g/mol. The summed E-state index contributed by atoms with van der Waals surface area (Å²) in [6.07, 6.45) is 8.72. The number of hydrogen-bond donors (Lipinski definition) is 2. The van der Waals surface area contributed by atoms with E-state index in [0.29, 0.717) is 41.6 Å². The van der Waals surface area contributed by atoms with Crippen LogP contribution >= 0.6 is 11.3 Å². The number of carbonyl (C=O) groups excluding carboxylic acids is 1. The normalized spacial score (nSPS) is 13.6. The van der Waals surface area contributed by atoms with Crippen molar-refractivity contribution in [3.8, 4) is 16.5 Å². The Morgan fingerprint density at radius 1 is 1.16 bits per heavy atom. The molecule has 0 saturated heterocycles. The monoisotopic (exact) mass is 461 g/mol. The zero-order chi connectivity index (χ0) is 21.8. The number of carbonyl (C=O) groups is 1. The maximum absolute atomic E-state index is 12.5. The molecule has 3 aromatic heterocycles. The van der Waals surface area contributed by atoms with Crippen molar-refractivity contribution in [3.63, 3.8) is 0 Å². The van der Waals surface area contributed by atoms with Gasteiger partial charge in [0.15, 0.2) is 10.8 Å². The Labute approximate surface area is 182 Å². The summed E-state index contributed by atoms with van der Waals surface area (Å²) >= 11 is 1.17. The molecule has 0 atom stereocenters. The first-order valence-electron chi connectivity index (χ1n) is 9.46. The van der Waals surface area contributed by atoms with Crippen LogP contribution in [0.1, 0.15) is 35.3 Å². The standard InChI is InChI=1S/C18H19N7O4S2/c1-2-29-16-10-20-7-13(24-16)14-8-22-18(30-14)17(26)21-6-11-5-19-9-15(23-11)25-31(27,28)12-3-4-12/h5,7-10,12H,2-4,6H2,1H3,(H,21,26)(H,23,25). The molecule has 0 unspecified atom stereocenters. The molecule has 1 fully saturated rings. The predicted octanol–water partition coefficient (Wildman–Crippen LogP) is 1.62. The van der Waals surface area contributed by atoms with Crippen molar-refractivity contribution in [3.05, 3.63) is 41.7 Å². The number of nitrogens with zero attached hydrogens (tertiary/aromatic N) is 5. The van der Waals surface area contributed by atoms with Crippen molar-refractivity contribution in [1.82, 2.24) is 30.2 Å². The van der Waals surface area contributed by atoms with E-state index in [1.807, 2.05) is 6.92 Å². The summed E-state index contributed by atoms with van der Waals surface area (Å²) in [5, 5.41) is 2.59. The number of rotatable bonds is 9. The predicted molar refractivity (Wildman–Crippen MR) is 113 cm³/mol. The lowest BCUT2D eigenvalue weighted by Gasteiger charge is -2.07. The number of thiazole rings is 1. The minimum absolute atomic E-state index is 0.0688. The van der Waals surface area contributed by atoms with E-state index in [2.05, 4.69) is 35.0 Å². The number of aromatic nitrogens is 5. The summed E-state index contributed by atoms with van der Waals surface area (Å²) in [6.45, 7) is 2.39. The molecule has 11 nitrogen and oxygen atoms in total. The largest absolute Gasteiger partial charge is 0.477 e. The highest BCUT2D eigenvalue weighted by Gasteiger charge is 2.36. The average Bonchev–Trinajstić information content (AvgIpc) is 3.51. The molecule has 162 valence electrons. The van der Waals surface area contributed by atoms with Gasteiger partial charge < -0.3 is 10.1 Å². The van der Waals surface area contributed by atoms with Gasteiger partial charge in [0.2, 0.25) is 15.9 Å². The summed E-state index contributed by atoms with van der Waals surface area (Å²) in [4.78, 5) is 33.9. The fourth-order valence-electron chi connectivity index (χ4n) is 2.58. The number of amides is 1. The van der Waals surface area contributed by atoms with E-state index in [1.54, 1.807) is 12.4 Å². The van der Waals surface area contributed by atoms with Gasteiger partial charge in [-0.15, -0.1) is 11.3 Å². The van der Waals surface area contributed by atoms with Crippen molar-refractivity contribution < 1.29 is 17.9 Å². The van der Waals surface area contributed by atoms with Gasteiger partial charge in [-0.1, -0.05) is 0 Å². The molecule has 4 rings (SSSR count). The summed E-state index contributed by atoms with van der Waals surface area (Å²) in [5.41, 5.74) is 0.973. The SMILES string of the molecule is CCOc1cncc(-c2cnc(C(=O)NCc3cncc(NS(=O)(=O)C4CC4)n3)s2)n1. The quantitative estimate of drug-likeness (QED) is 0.485. The van der Waals surface area contributed by atoms with Gasteiger partial charge in [0.25, 0.3) is 5.91 Å². The van der Waals surface area contributed by atoms with Crippen LogP contribution in [0.15, 0.2) is 31.0 Å². The molecule has 2 N–H and O–H groups in total. The minimum Gasteiger partial charge on any atom is -0.477 e. The molecule has 0 aromatic carbocycles. The Morgan fingerprint density at radius 2 is 1.97 bits per heavy atom. The first-order chi connectivity index (χ1) is 14.9. The molecule has 3 heterocycles. The number of ether oxygens (including phenoxy) is 1. The van der Waals surface area contributed by atoms with Gasteiger partial charge in [0.1, 0.15) is 5.69 Å². The van der Waals surface area contributed by atoms with E-state index in [9.17, 15) is 13.2 Å². The van der Waals surface area contributed by atoms with Gasteiger partial charge in [-0.25, -0.2) is 23.4 Å². The Hall–Kier alpha value is -3.19. The van der Waals surface area contributed by atoms with Crippen molar-refractivity contribution >= 4 is 33.1 Å². The van der Waals surface area contributed by atoms with Gasteiger partial charge in [-0.2, -0.15) is 0 Å². The van der Waals surface area contributed by atoms with Crippen molar-refractivity contribution in [2.24, 2.45) is 0 Å². The maximum Gasteiger partial charge on any atom is 0.280 e. The van der Waals surface area contributed by atoms with Crippen LogP contribution in [-0.2, 0) is 16.6 Å². The number of nitrogens with one attached hydrogen (secondary N) is 2. The molecule has 0 radical (unpaired) electrons. The van der Waals surface area contributed by atoms with Gasteiger partial charge in [-0.3, -0.25) is 19.5 Å². The fourth-order valence-corrected chi connectivity index (χ4v) is 4.68. The van der Waals surface area contributed by atoms with Crippen LogP contribution in [0, 0.1) is 0 Å². The fraction of sp³-hybridized carbons (Fsp3) is 0.333. The van der Waals surface area contributed by atoms with Crippen molar-refractivity contribution in [2.45, 2.75) is 31.6 Å². The lowest BCUT2D eigenvalue weighted by atomic mass is 10.4. The third kappa shape index (κ3) is 5.30. The van der Waals surface area contributed by atoms with Crippen molar-refractivity contribution in [1.29, 1.82) is 0 Å². The Balaban J connectivity index is 1.38. The van der Waals surface area contributed by atoms with Crippen molar-refractivity contribution in [2.75, 3.05) is 11.3 Å². The second kappa shape index (κ2) is 8.89. The Bertz CT molecular complexity index is 1190. The zero-order valence-electron chi connectivity index (χ0n) is 16.5. The molecular formula is C18H19N7O4S2. The second-order valence-corrected chi connectivity index (χ2v) is 9.62. The highest BCUT2D eigenvalue weighted by Crippen LogP contribution is 2.29. The van der Waals surface area contributed by atoms with E-state index in [1.165, 1.54) is 29.9 Å². The smallest absolute Gasteiger partial charge is 0.280 e. The van der Waals surface area contributed by atoms with Crippen LogP contribution in [0.4, 0.5) is 5.82 Å². The molecule has 1 saturated carbocycles. The molecule has 0 aliphatic heterocycles. The Morgan fingerprint density at radius 3 is 2.74 bits per heavy atom. The Kier molecular flexibility index (Phi) is 6.04. The van der Waals surface area contributed by atoms with E-state index in [0.717, 1.165) is 0 Å². The van der Waals surface area contributed by atoms with E-state index >= 15 is 0 Å². The molecular weight excluding hydrogens is 442 g/mol. The molecule has 1 aliphatic carbocycles. The summed E-state index contributed by atoms with van der Waals surface area (Å²) in [6, 6.07) is 0. The number of hydrogen-bond acceptors (Lipinski definition) is 10. The molecule has 0 bridgehead atoms. The summed E-state index contributed by atoms with van der Waals surface area (Å²) in [5.74, 6) is 0.133. The first kappa shape index (κ1) is 21.1. The van der Waals surface area contributed by atoms with Crippen LogP contribution in [0.25, 0.3) is 10.6 Å². The van der Waals surface area contributed by atoms with E-state index in [-0.39, 0.29) is 22.6 Å². The summed E-state index contributed by atoms with van der Waals surface area (Å²) in [7, 11) is -3.43. The highest BCUT2D eigenvalue weighted by atomic mass is 32.2. The lowest BCUT2D eigenvalue weighted by molar-refractivity contribution is 0.0950. The van der Waals surface area contributed by atoms with Gasteiger partial charge in [-0.05, 0) is 19.8 Å². The van der Waals surface area contributed by atoms with Gasteiger partial charge in [0, 0.05) is 6.20 Å². The third-order valence-corrected chi connectivity index (χ3v) is 7.04. The molecule has 31 heavy (non-hydrogen) atoms. The van der Waals surface area contributed by atoms with Crippen LogP contribution in [0.2, 0.25) is 0 Å². The third-order valence-electron chi connectivity index (χ3n) is 4.18. The van der Waals surface area contributed by atoms with Crippen LogP contribution in [0.3, 0.4) is 0 Å². The maximum atomic E-state index is 12.5. The van der Waals surface area contributed by atoms with Gasteiger partial charge >= 0.3 is 0 Å². The first-order valence-corrected chi connectivity index (χ1v) is 11.8. The highest BCUT2D eigenvalue weighted by molar-refractivity contribution is 7.93. The van der Waals surface area contributed by atoms with Crippen LogP contribution in [-0.4, -0.2) is 51.1 Å². The molecule has 1 aliphatic rings. The second-order valence-electron chi connectivity index (χ2n) is 6.63. The molecule has 1 amide bonds. The van der Waals surface area contributed by atoms with Crippen LogP contribution in [0.5, 0.6) is 5.88 Å². The summed E-state index contributed by atoms with van der Waals surface area (Å²) < 4.78 is 31.8. The molecule has 3 aromatic rings. The van der Waals surface area contributed by atoms with E-state index < -0.39 is 15.9 Å². The van der Waals surface area contributed by atoms with Crippen LogP contribution < -0.4 is 14.8 Å². The molecule has 13 heteroatoms. The lowest BCUT2D eigenvalue weighted by Crippen LogP contribution is -2.24. The zero-order valence-corrected chi connectivity index (χ0v) is 18.1. The molecule has 0 spiro atoms. The number of sulfonamides is 1. The van der Waals surface area contributed by atoms with E-state index in [4.69, 9.17) is 4.74 Å². The minimum atomic E-state index is -3.43.